The fraction of sp³-hybridized carbons (Fsp3) is 0.333. The molecule has 0 aliphatic carbocycles. The summed E-state index contributed by atoms with van der Waals surface area (Å²) in [6.45, 7) is 7.81. The molecule has 1 atom stereocenters. The molecule has 0 bridgehead atoms. The molecule has 4 nitrogen and oxygen atoms in total. The van der Waals surface area contributed by atoms with Gasteiger partial charge in [-0.05, 0) is 36.3 Å². The number of hydrogen-bond acceptors (Lipinski definition) is 4. The lowest BCUT2D eigenvalue weighted by molar-refractivity contribution is 0.252. The molecule has 1 aliphatic heterocycles. The Balaban J connectivity index is 1.69. The van der Waals surface area contributed by atoms with Crippen LogP contribution in [0.25, 0.3) is 0 Å². The lowest BCUT2D eigenvalue weighted by atomic mass is 10.0. The van der Waals surface area contributed by atoms with Gasteiger partial charge in [-0.3, -0.25) is 0 Å². The van der Waals surface area contributed by atoms with E-state index in [1.54, 1.807) is 7.11 Å². The molecule has 0 saturated carbocycles. The monoisotopic (exact) mass is 339 g/mol. The highest BCUT2D eigenvalue weighted by molar-refractivity contribution is 5.43. The molecule has 132 valence electrons. The summed E-state index contributed by atoms with van der Waals surface area (Å²) in [5.74, 6) is 2.46. The van der Waals surface area contributed by atoms with Crippen LogP contribution in [0.1, 0.15) is 30.5 Å². The molecule has 0 aromatic heterocycles. The molecule has 2 aromatic carbocycles. The highest BCUT2D eigenvalue weighted by Gasteiger charge is 2.20. The molecule has 25 heavy (non-hydrogen) atoms. The molecule has 2 aromatic rings. The number of para-hydroxylation sites is 1. The third kappa shape index (κ3) is 4.34. The van der Waals surface area contributed by atoms with Gasteiger partial charge in [0.2, 0.25) is 0 Å². The molecule has 0 radical (unpaired) electrons. The van der Waals surface area contributed by atoms with E-state index in [-0.39, 0.29) is 0 Å². The van der Waals surface area contributed by atoms with Crippen molar-refractivity contribution in [2.45, 2.75) is 25.9 Å². The summed E-state index contributed by atoms with van der Waals surface area (Å²) in [5, 5.41) is 3.63. The Hall–Kier alpha value is -2.46. The topological polar surface area (TPSA) is 39.7 Å². The van der Waals surface area contributed by atoms with Gasteiger partial charge in [-0.25, -0.2) is 0 Å². The lowest BCUT2D eigenvalue weighted by Crippen LogP contribution is -2.26. The highest BCUT2D eigenvalue weighted by atomic mass is 16.5. The van der Waals surface area contributed by atoms with Crippen molar-refractivity contribution in [3.8, 4) is 17.2 Å². The predicted octanol–water partition coefficient (Wildman–Crippen LogP) is 4.26. The molecule has 1 N–H and O–H groups in total. The summed E-state index contributed by atoms with van der Waals surface area (Å²) in [5.41, 5.74) is 3.35. The van der Waals surface area contributed by atoms with E-state index in [2.05, 4.69) is 30.1 Å². The Bertz CT molecular complexity index is 742. The van der Waals surface area contributed by atoms with Crippen molar-refractivity contribution in [3.63, 3.8) is 0 Å². The van der Waals surface area contributed by atoms with Gasteiger partial charge >= 0.3 is 0 Å². The first-order chi connectivity index (χ1) is 12.2. The van der Waals surface area contributed by atoms with Crippen molar-refractivity contribution in [2.75, 3.05) is 20.3 Å². The summed E-state index contributed by atoms with van der Waals surface area (Å²) in [4.78, 5) is 0. The summed E-state index contributed by atoms with van der Waals surface area (Å²) in [7, 11) is 1.65. The van der Waals surface area contributed by atoms with Gasteiger partial charge in [-0.2, -0.15) is 0 Å². The van der Waals surface area contributed by atoms with Gasteiger partial charge in [-0.1, -0.05) is 30.8 Å². The summed E-state index contributed by atoms with van der Waals surface area (Å²) >= 11 is 0. The van der Waals surface area contributed by atoms with Crippen LogP contribution in [0.2, 0.25) is 0 Å². The van der Waals surface area contributed by atoms with Gasteiger partial charge in [0.05, 0.1) is 13.7 Å². The minimum atomic E-state index is 0.298. The largest absolute Gasteiger partial charge is 0.493 e. The summed E-state index contributed by atoms with van der Waals surface area (Å²) in [6.07, 6.45) is 0.964. The van der Waals surface area contributed by atoms with E-state index in [1.807, 2.05) is 31.2 Å². The first-order valence-corrected chi connectivity index (χ1v) is 8.56. The van der Waals surface area contributed by atoms with E-state index >= 15 is 0 Å². The van der Waals surface area contributed by atoms with E-state index in [1.165, 1.54) is 5.56 Å². The minimum Gasteiger partial charge on any atom is -0.493 e. The molecule has 4 heteroatoms. The van der Waals surface area contributed by atoms with Crippen molar-refractivity contribution in [3.05, 3.63) is 65.7 Å². The van der Waals surface area contributed by atoms with Crippen LogP contribution in [0, 0.1) is 0 Å². The van der Waals surface area contributed by atoms with Crippen LogP contribution in [0.5, 0.6) is 17.2 Å². The second-order valence-electron chi connectivity index (χ2n) is 6.34. The average Bonchev–Trinajstić information content (AvgIpc) is 2.64. The van der Waals surface area contributed by atoms with E-state index < -0.39 is 0 Å². The van der Waals surface area contributed by atoms with E-state index in [0.717, 1.165) is 48.0 Å². The lowest BCUT2D eigenvalue weighted by Gasteiger charge is -2.27. The van der Waals surface area contributed by atoms with Crippen molar-refractivity contribution < 1.29 is 14.2 Å². The smallest absolute Gasteiger partial charge is 0.161 e. The number of nitrogens with one attached hydrogen (secondary N) is 1. The Morgan fingerprint density at radius 3 is 2.88 bits per heavy atom. The second kappa shape index (κ2) is 8.08. The maximum absolute atomic E-state index is 5.81. The van der Waals surface area contributed by atoms with E-state index in [9.17, 15) is 0 Å². The van der Waals surface area contributed by atoms with Gasteiger partial charge in [0, 0.05) is 24.6 Å². The fourth-order valence-electron chi connectivity index (χ4n) is 2.94. The highest BCUT2D eigenvalue weighted by Crippen LogP contribution is 2.32. The Morgan fingerprint density at radius 2 is 2.08 bits per heavy atom. The molecular weight excluding hydrogens is 314 g/mol. The van der Waals surface area contributed by atoms with Gasteiger partial charge < -0.3 is 19.5 Å². The molecule has 1 unspecified atom stereocenters. The molecule has 0 saturated heterocycles. The molecule has 1 aliphatic rings. The van der Waals surface area contributed by atoms with Crippen LogP contribution in [0.15, 0.2) is 54.6 Å². The minimum absolute atomic E-state index is 0.298. The van der Waals surface area contributed by atoms with Crippen LogP contribution in [0.3, 0.4) is 0 Å². The summed E-state index contributed by atoms with van der Waals surface area (Å²) < 4.78 is 16.9. The van der Waals surface area contributed by atoms with Crippen LogP contribution < -0.4 is 19.5 Å². The standard InChI is InChI=1S/C21H25NO3/c1-15(2)14-25-21-12-16(8-9-20(21)23-3)13-22-18-10-11-24-19-7-5-4-6-17(18)19/h4-9,12,18,22H,1,10-11,13-14H2,2-3H3. The number of benzene rings is 2. The van der Waals surface area contributed by atoms with Crippen molar-refractivity contribution in [1.29, 1.82) is 0 Å². The SMILES string of the molecule is C=C(C)COc1cc(CNC2CCOc3ccccc32)ccc1OC. The normalized spacial score (nSPS) is 15.8. The number of ether oxygens (including phenoxy) is 3. The van der Waals surface area contributed by atoms with Crippen LogP contribution in [-0.2, 0) is 6.54 Å². The molecule has 0 amide bonds. The zero-order valence-electron chi connectivity index (χ0n) is 14.9. The third-order valence-electron chi connectivity index (χ3n) is 4.21. The van der Waals surface area contributed by atoms with Gasteiger partial charge in [0.25, 0.3) is 0 Å². The van der Waals surface area contributed by atoms with E-state index in [4.69, 9.17) is 14.2 Å². The maximum atomic E-state index is 5.81. The number of hydrogen-bond donors (Lipinski definition) is 1. The van der Waals surface area contributed by atoms with E-state index in [0.29, 0.717) is 12.6 Å². The van der Waals surface area contributed by atoms with Gasteiger partial charge in [0.15, 0.2) is 11.5 Å². The molecular formula is C21H25NO3. The fourth-order valence-corrected chi connectivity index (χ4v) is 2.94. The Kier molecular flexibility index (Phi) is 5.61. The second-order valence-corrected chi connectivity index (χ2v) is 6.34. The zero-order valence-corrected chi connectivity index (χ0v) is 14.9. The van der Waals surface area contributed by atoms with Crippen molar-refractivity contribution in [2.24, 2.45) is 0 Å². The maximum Gasteiger partial charge on any atom is 0.161 e. The first-order valence-electron chi connectivity index (χ1n) is 8.56. The molecule has 0 fully saturated rings. The Morgan fingerprint density at radius 1 is 1.24 bits per heavy atom. The van der Waals surface area contributed by atoms with Crippen LogP contribution >= 0.6 is 0 Å². The van der Waals surface area contributed by atoms with Crippen molar-refractivity contribution in [1.82, 2.24) is 5.32 Å². The third-order valence-corrected chi connectivity index (χ3v) is 4.21. The molecule has 1 heterocycles. The summed E-state index contributed by atoms with van der Waals surface area (Å²) in [6, 6.07) is 14.6. The van der Waals surface area contributed by atoms with Gasteiger partial charge in [-0.15, -0.1) is 0 Å². The molecule has 0 spiro atoms. The number of rotatable bonds is 7. The van der Waals surface area contributed by atoms with Crippen LogP contribution in [0.4, 0.5) is 0 Å². The average molecular weight is 339 g/mol. The van der Waals surface area contributed by atoms with Gasteiger partial charge in [0.1, 0.15) is 12.4 Å². The zero-order chi connectivity index (χ0) is 17.6. The van der Waals surface area contributed by atoms with Crippen LogP contribution in [-0.4, -0.2) is 20.3 Å². The number of methoxy groups -OCH3 is 1. The Labute approximate surface area is 149 Å². The predicted molar refractivity (Wildman–Crippen MR) is 99.4 cm³/mol. The molecule has 3 rings (SSSR count). The van der Waals surface area contributed by atoms with Crippen molar-refractivity contribution >= 4 is 0 Å². The first kappa shape index (κ1) is 17.4. The quantitative estimate of drug-likeness (QED) is 0.765. The number of fused-ring (bicyclic) bond motifs is 1.